The molecule has 24 heavy (non-hydrogen) atoms. The van der Waals surface area contributed by atoms with Gasteiger partial charge in [0.15, 0.2) is 0 Å². The zero-order valence-electron chi connectivity index (χ0n) is 12.9. The third-order valence-corrected chi connectivity index (χ3v) is 4.70. The van der Waals surface area contributed by atoms with Crippen LogP contribution in [0.15, 0.2) is 57.6 Å². The second-order valence-electron chi connectivity index (χ2n) is 4.94. The van der Waals surface area contributed by atoms with Gasteiger partial charge in [-0.2, -0.15) is 0 Å². The zero-order chi connectivity index (χ0) is 16.9. The SMILES string of the molecule is CN(C)c1ccc(N=Nc2nc3ccccc3s2)c(SOOO)c1. The first-order valence-electron chi connectivity index (χ1n) is 6.91. The van der Waals surface area contributed by atoms with Gasteiger partial charge in [-0.05, 0) is 30.3 Å². The molecule has 0 aliphatic rings. The largest absolute Gasteiger partial charge is 0.378 e. The lowest BCUT2D eigenvalue weighted by atomic mass is 10.3. The van der Waals surface area contributed by atoms with Crippen LogP contribution in [0.3, 0.4) is 0 Å². The molecule has 0 fully saturated rings. The maximum absolute atomic E-state index is 8.37. The topological polar surface area (TPSA) is 79.5 Å². The molecule has 0 radical (unpaired) electrons. The quantitative estimate of drug-likeness (QED) is 0.281. The Morgan fingerprint density at radius 1 is 1.17 bits per heavy atom. The lowest BCUT2D eigenvalue weighted by Crippen LogP contribution is -2.08. The molecule has 1 N–H and O–H groups in total. The van der Waals surface area contributed by atoms with E-state index in [1.54, 1.807) is 0 Å². The van der Waals surface area contributed by atoms with Crippen molar-refractivity contribution in [2.24, 2.45) is 10.2 Å². The summed E-state index contributed by atoms with van der Waals surface area (Å²) in [7, 11) is 3.85. The van der Waals surface area contributed by atoms with Crippen LogP contribution in [0, 0.1) is 0 Å². The van der Waals surface area contributed by atoms with Crippen molar-refractivity contribution >= 4 is 50.1 Å². The molecule has 7 nitrogen and oxygen atoms in total. The molecule has 0 aliphatic heterocycles. The van der Waals surface area contributed by atoms with Crippen LogP contribution in [-0.2, 0) is 9.37 Å². The Bertz CT molecular complexity index is 834. The highest BCUT2D eigenvalue weighted by atomic mass is 32.2. The van der Waals surface area contributed by atoms with Gasteiger partial charge in [0.1, 0.15) is 5.69 Å². The van der Waals surface area contributed by atoms with Gasteiger partial charge in [0.05, 0.1) is 27.2 Å². The number of para-hydroxylation sites is 1. The number of hydrogen-bond acceptors (Lipinski definition) is 9. The first-order valence-corrected chi connectivity index (χ1v) is 8.46. The molecular weight excluding hydrogens is 348 g/mol. The smallest absolute Gasteiger partial charge is 0.231 e. The van der Waals surface area contributed by atoms with Crippen LogP contribution in [-0.4, -0.2) is 24.3 Å². The van der Waals surface area contributed by atoms with Gasteiger partial charge < -0.3 is 4.90 Å². The molecule has 3 aromatic rings. The monoisotopic (exact) mass is 362 g/mol. The van der Waals surface area contributed by atoms with Gasteiger partial charge in [0.2, 0.25) is 5.13 Å². The van der Waals surface area contributed by atoms with Gasteiger partial charge in [0.25, 0.3) is 0 Å². The Morgan fingerprint density at radius 2 is 2.00 bits per heavy atom. The molecule has 0 saturated carbocycles. The van der Waals surface area contributed by atoms with Gasteiger partial charge in [0, 0.05) is 19.8 Å². The van der Waals surface area contributed by atoms with Crippen molar-refractivity contribution in [2.45, 2.75) is 4.90 Å². The molecule has 0 atom stereocenters. The Balaban J connectivity index is 1.89. The van der Waals surface area contributed by atoms with Gasteiger partial charge >= 0.3 is 0 Å². The van der Waals surface area contributed by atoms with Gasteiger partial charge in [-0.25, -0.2) is 10.2 Å². The second-order valence-corrected chi connectivity index (χ2v) is 6.69. The van der Waals surface area contributed by atoms with Crippen molar-refractivity contribution in [2.75, 3.05) is 19.0 Å². The number of azo groups is 1. The predicted octanol–water partition coefficient (Wildman–Crippen LogP) is 5.21. The van der Waals surface area contributed by atoms with E-state index in [0.29, 0.717) is 15.7 Å². The van der Waals surface area contributed by atoms with Crippen molar-refractivity contribution < 1.29 is 14.6 Å². The predicted molar refractivity (Wildman–Crippen MR) is 95.2 cm³/mol. The summed E-state index contributed by atoms with van der Waals surface area (Å²) >= 11 is 2.31. The van der Waals surface area contributed by atoms with Crippen LogP contribution in [0.5, 0.6) is 0 Å². The van der Waals surface area contributed by atoms with Gasteiger partial charge in [-0.15, -0.1) is 14.6 Å². The summed E-state index contributed by atoms with van der Waals surface area (Å²) in [5, 5.41) is 21.1. The molecular formula is C15H14N4O3S2. The molecule has 0 unspecified atom stereocenters. The highest BCUT2D eigenvalue weighted by Crippen LogP contribution is 2.35. The highest BCUT2D eigenvalue weighted by Gasteiger charge is 2.08. The van der Waals surface area contributed by atoms with Gasteiger partial charge in [-0.1, -0.05) is 28.5 Å². The summed E-state index contributed by atoms with van der Waals surface area (Å²) < 4.78 is 5.59. The molecule has 1 aromatic heterocycles. The lowest BCUT2D eigenvalue weighted by Gasteiger charge is -2.13. The molecule has 124 valence electrons. The summed E-state index contributed by atoms with van der Waals surface area (Å²) in [6.45, 7) is 0. The van der Waals surface area contributed by atoms with Crippen LogP contribution in [0.4, 0.5) is 16.5 Å². The Labute approximate surface area is 146 Å². The standard InChI is InChI=1S/C15H14N4O3S2/c1-19(2)10-7-8-12(14(9-10)24-22-21-20)17-18-15-16-11-5-3-4-6-13(11)23-15/h3-9,20H,1-2H3. The maximum Gasteiger partial charge on any atom is 0.231 e. The summed E-state index contributed by atoms with van der Waals surface area (Å²) in [4.78, 5) is 7.01. The van der Waals surface area contributed by atoms with Crippen molar-refractivity contribution in [3.63, 3.8) is 0 Å². The van der Waals surface area contributed by atoms with Crippen LogP contribution in [0.1, 0.15) is 0 Å². The average molecular weight is 362 g/mol. The summed E-state index contributed by atoms with van der Waals surface area (Å²) in [6.07, 6.45) is 0. The van der Waals surface area contributed by atoms with E-state index < -0.39 is 0 Å². The van der Waals surface area contributed by atoms with Crippen LogP contribution in [0.2, 0.25) is 0 Å². The average Bonchev–Trinajstić information content (AvgIpc) is 3.01. The molecule has 0 aliphatic carbocycles. The summed E-state index contributed by atoms with van der Waals surface area (Å²) in [5.74, 6) is 0. The maximum atomic E-state index is 8.37. The molecule has 0 spiro atoms. The number of hydrogen-bond donors (Lipinski definition) is 1. The zero-order valence-corrected chi connectivity index (χ0v) is 14.5. The van der Waals surface area contributed by atoms with E-state index in [2.05, 4.69) is 24.6 Å². The number of aromatic nitrogens is 1. The highest BCUT2D eigenvalue weighted by molar-refractivity contribution is 7.94. The minimum Gasteiger partial charge on any atom is -0.378 e. The van der Waals surface area contributed by atoms with E-state index in [1.165, 1.54) is 11.3 Å². The Kier molecular flexibility index (Phi) is 5.38. The fourth-order valence-corrected chi connectivity index (χ4v) is 3.24. The van der Waals surface area contributed by atoms with Crippen molar-refractivity contribution in [3.8, 4) is 0 Å². The number of fused-ring (bicyclic) bond motifs is 1. The number of anilines is 1. The van der Waals surface area contributed by atoms with Crippen molar-refractivity contribution in [3.05, 3.63) is 42.5 Å². The number of nitrogens with zero attached hydrogens (tertiary/aromatic N) is 4. The fourth-order valence-electron chi connectivity index (χ4n) is 1.98. The Morgan fingerprint density at radius 3 is 2.75 bits per heavy atom. The third kappa shape index (κ3) is 3.89. The van der Waals surface area contributed by atoms with Crippen molar-refractivity contribution in [1.82, 2.24) is 4.98 Å². The Hall–Kier alpha value is -2.04. The second kappa shape index (κ2) is 7.69. The lowest BCUT2D eigenvalue weighted by molar-refractivity contribution is -0.432. The fraction of sp³-hybridized carbons (Fsp3) is 0.133. The molecule has 0 bridgehead atoms. The van der Waals surface area contributed by atoms with E-state index in [0.717, 1.165) is 27.9 Å². The summed E-state index contributed by atoms with van der Waals surface area (Å²) in [5.41, 5.74) is 2.44. The van der Waals surface area contributed by atoms with E-state index in [9.17, 15) is 0 Å². The van der Waals surface area contributed by atoms with Crippen LogP contribution >= 0.6 is 23.4 Å². The first kappa shape index (κ1) is 16.8. The molecule has 0 saturated heterocycles. The molecule has 0 amide bonds. The number of thiazole rings is 1. The van der Waals surface area contributed by atoms with Crippen LogP contribution < -0.4 is 4.90 Å². The van der Waals surface area contributed by atoms with Gasteiger partial charge in [-0.3, -0.25) is 0 Å². The third-order valence-electron chi connectivity index (χ3n) is 3.14. The van der Waals surface area contributed by atoms with E-state index >= 15 is 0 Å². The first-order chi connectivity index (χ1) is 11.7. The molecule has 2 aromatic carbocycles. The normalized spacial score (nSPS) is 11.5. The molecule has 3 rings (SSSR count). The van der Waals surface area contributed by atoms with Crippen LogP contribution in [0.25, 0.3) is 10.2 Å². The van der Waals surface area contributed by atoms with E-state index in [4.69, 9.17) is 5.26 Å². The van der Waals surface area contributed by atoms with Crippen molar-refractivity contribution in [1.29, 1.82) is 0 Å². The minimum atomic E-state index is 0.572. The minimum absolute atomic E-state index is 0.572. The molecule has 9 heteroatoms. The summed E-state index contributed by atoms with van der Waals surface area (Å²) in [6, 6.07) is 13.4. The van der Waals surface area contributed by atoms with E-state index in [-0.39, 0.29) is 0 Å². The number of rotatable bonds is 6. The number of benzene rings is 2. The van der Waals surface area contributed by atoms with E-state index in [1.807, 2.05) is 61.5 Å². The molecule has 1 heterocycles.